The van der Waals surface area contributed by atoms with Crippen molar-refractivity contribution in [2.45, 2.75) is 58.3 Å². The zero-order valence-corrected chi connectivity index (χ0v) is 17.0. The summed E-state index contributed by atoms with van der Waals surface area (Å²) in [7, 11) is 0. The number of hydrogen-bond donors (Lipinski definition) is 1. The van der Waals surface area contributed by atoms with Crippen LogP contribution in [0.5, 0.6) is 0 Å². The van der Waals surface area contributed by atoms with E-state index in [-0.39, 0.29) is 0 Å². The SMILES string of the molecule is C/C(=C/c1ccccc1)CN(CC1CCNCC1)C(=O)CCC1CCCC1. The van der Waals surface area contributed by atoms with Crippen LogP contribution in [0.25, 0.3) is 6.08 Å². The summed E-state index contributed by atoms with van der Waals surface area (Å²) >= 11 is 0. The molecule has 1 N–H and O–H groups in total. The van der Waals surface area contributed by atoms with Crippen molar-refractivity contribution in [1.82, 2.24) is 10.2 Å². The lowest BCUT2D eigenvalue weighted by atomic mass is 9.96. The maximum absolute atomic E-state index is 13.0. The second kappa shape index (κ2) is 10.7. The molecule has 0 atom stereocenters. The first kappa shape index (κ1) is 20.1. The molecule has 1 saturated carbocycles. The molecule has 1 aliphatic heterocycles. The Morgan fingerprint density at radius 3 is 2.48 bits per heavy atom. The van der Waals surface area contributed by atoms with Crippen molar-refractivity contribution in [2.24, 2.45) is 11.8 Å². The zero-order chi connectivity index (χ0) is 18.9. The standard InChI is InChI=1S/C24H36N2O/c1-20(17-22-9-3-2-4-10-22)18-26(19-23-13-15-25-16-14-23)24(27)12-11-21-7-5-6-8-21/h2-4,9-10,17,21,23,25H,5-8,11-16,18-19H2,1H3/b20-17-. The molecule has 0 aromatic heterocycles. The number of amides is 1. The van der Waals surface area contributed by atoms with E-state index in [9.17, 15) is 4.79 Å². The highest BCUT2D eigenvalue weighted by atomic mass is 16.2. The van der Waals surface area contributed by atoms with Crippen LogP contribution in [0.2, 0.25) is 0 Å². The van der Waals surface area contributed by atoms with Gasteiger partial charge < -0.3 is 10.2 Å². The molecule has 3 rings (SSSR count). The number of nitrogens with one attached hydrogen (secondary N) is 1. The second-order valence-corrected chi connectivity index (χ2v) is 8.56. The number of piperidine rings is 1. The van der Waals surface area contributed by atoms with Gasteiger partial charge in [0.05, 0.1) is 0 Å². The third-order valence-electron chi connectivity index (χ3n) is 6.18. The highest BCUT2D eigenvalue weighted by Gasteiger charge is 2.23. The average Bonchev–Trinajstić information content (AvgIpc) is 3.21. The van der Waals surface area contributed by atoms with Crippen molar-refractivity contribution in [1.29, 1.82) is 0 Å². The van der Waals surface area contributed by atoms with E-state index in [0.717, 1.165) is 44.9 Å². The molecule has 1 aromatic carbocycles. The topological polar surface area (TPSA) is 32.3 Å². The lowest BCUT2D eigenvalue weighted by molar-refractivity contribution is -0.131. The van der Waals surface area contributed by atoms with Gasteiger partial charge in [-0.05, 0) is 56.7 Å². The van der Waals surface area contributed by atoms with Crippen LogP contribution in [0.15, 0.2) is 35.9 Å². The maximum Gasteiger partial charge on any atom is 0.222 e. The Balaban J connectivity index is 1.60. The van der Waals surface area contributed by atoms with Crippen LogP contribution in [0.1, 0.15) is 63.9 Å². The third-order valence-corrected chi connectivity index (χ3v) is 6.18. The number of nitrogens with zero attached hydrogens (tertiary/aromatic N) is 1. The first-order chi connectivity index (χ1) is 13.2. The van der Waals surface area contributed by atoms with Crippen LogP contribution in [0.4, 0.5) is 0 Å². The number of benzene rings is 1. The van der Waals surface area contributed by atoms with Crippen molar-refractivity contribution >= 4 is 12.0 Å². The van der Waals surface area contributed by atoms with Gasteiger partial charge in [-0.15, -0.1) is 0 Å². The lowest BCUT2D eigenvalue weighted by Crippen LogP contribution is -2.40. The highest BCUT2D eigenvalue weighted by Crippen LogP contribution is 2.29. The Hall–Kier alpha value is -1.61. The van der Waals surface area contributed by atoms with Crippen molar-refractivity contribution in [3.8, 4) is 0 Å². The van der Waals surface area contributed by atoms with E-state index >= 15 is 0 Å². The van der Waals surface area contributed by atoms with Crippen molar-refractivity contribution < 1.29 is 4.79 Å². The van der Waals surface area contributed by atoms with Gasteiger partial charge in [-0.2, -0.15) is 0 Å². The summed E-state index contributed by atoms with van der Waals surface area (Å²) in [5.41, 5.74) is 2.49. The van der Waals surface area contributed by atoms with Gasteiger partial charge in [0, 0.05) is 19.5 Å². The molecular formula is C24H36N2O. The molecule has 148 valence electrons. The van der Waals surface area contributed by atoms with Crippen LogP contribution in [0.3, 0.4) is 0 Å². The molecule has 0 unspecified atom stereocenters. The summed E-state index contributed by atoms with van der Waals surface area (Å²) in [6.07, 6.45) is 11.8. The number of carbonyl (C=O) groups excluding carboxylic acids is 1. The molecule has 3 nitrogen and oxygen atoms in total. The van der Waals surface area contributed by atoms with E-state index in [0.29, 0.717) is 11.8 Å². The second-order valence-electron chi connectivity index (χ2n) is 8.56. The van der Waals surface area contributed by atoms with Crippen LogP contribution in [-0.2, 0) is 4.79 Å². The molecule has 2 aliphatic rings. The molecule has 1 saturated heterocycles. The Morgan fingerprint density at radius 2 is 1.78 bits per heavy atom. The molecule has 1 heterocycles. The fraction of sp³-hybridized carbons (Fsp3) is 0.625. The number of hydrogen-bond acceptors (Lipinski definition) is 2. The van der Waals surface area contributed by atoms with E-state index in [1.54, 1.807) is 0 Å². The average molecular weight is 369 g/mol. The van der Waals surface area contributed by atoms with Crippen molar-refractivity contribution in [3.05, 3.63) is 41.5 Å². The molecule has 3 heteroatoms. The van der Waals surface area contributed by atoms with Gasteiger partial charge in [-0.25, -0.2) is 0 Å². The van der Waals surface area contributed by atoms with Gasteiger partial charge in [0.25, 0.3) is 0 Å². The Labute approximate surface area is 165 Å². The normalized spacial score (nSPS) is 19.4. The molecule has 1 aromatic rings. The Kier molecular flexibility index (Phi) is 7.94. The summed E-state index contributed by atoms with van der Waals surface area (Å²) in [6, 6.07) is 10.4. The molecule has 0 spiro atoms. The largest absolute Gasteiger partial charge is 0.338 e. The Bertz CT molecular complexity index is 598. The smallest absolute Gasteiger partial charge is 0.222 e. The molecular weight excluding hydrogens is 332 g/mol. The van der Waals surface area contributed by atoms with Crippen LogP contribution in [-0.4, -0.2) is 37.0 Å². The molecule has 0 radical (unpaired) electrons. The number of rotatable bonds is 8. The minimum absolute atomic E-state index is 0.362. The van der Waals surface area contributed by atoms with Gasteiger partial charge in [0.1, 0.15) is 0 Å². The van der Waals surface area contributed by atoms with Crippen molar-refractivity contribution in [2.75, 3.05) is 26.2 Å². The lowest BCUT2D eigenvalue weighted by Gasteiger charge is -2.31. The monoisotopic (exact) mass is 368 g/mol. The fourth-order valence-corrected chi connectivity index (χ4v) is 4.60. The molecule has 2 fully saturated rings. The molecule has 0 bridgehead atoms. The molecule has 1 amide bonds. The molecule has 27 heavy (non-hydrogen) atoms. The summed E-state index contributed by atoms with van der Waals surface area (Å²) in [5, 5.41) is 3.44. The molecule has 1 aliphatic carbocycles. The summed E-state index contributed by atoms with van der Waals surface area (Å²) in [6.45, 7) is 6.03. The Morgan fingerprint density at radius 1 is 1.07 bits per heavy atom. The van der Waals surface area contributed by atoms with Gasteiger partial charge in [-0.1, -0.05) is 67.7 Å². The van der Waals surface area contributed by atoms with Crippen LogP contribution < -0.4 is 5.32 Å². The third kappa shape index (κ3) is 6.80. The van der Waals surface area contributed by atoms with Crippen molar-refractivity contribution in [3.63, 3.8) is 0 Å². The van der Waals surface area contributed by atoms with E-state index in [1.807, 2.05) is 6.07 Å². The quantitative estimate of drug-likeness (QED) is 0.708. The summed E-state index contributed by atoms with van der Waals surface area (Å²) < 4.78 is 0. The van der Waals surface area contributed by atoms with E-state index in [4.69, 9.17) is 0 Å². The minimum atomic E-state index is 0.362. The van der Waals surface area contributed by atoms with Crippen LogP contribution in [0, 0.1) is 11.8 Å². The number of carbonyl (C=O) groups is 1. The minimum Gasteiger partial charge on any atom is -0.338 e. The van der Waals surface area contributed by atoms with Crippen LogP contribution >= 0.6 is 0 Å². The zero-order valence-electron chi connectivity index (χ0n) is 17.0. The van der Waals surface area contributed by atoms with E-state index < -0.39 is 0 Å². The predicted octanol–water partition coefficient (Wildman–Crippen LogP) is 4.89. The maximum atomic E-state index is 13.0. The van der Waals surface area contributed by atoms with Gasteiger partial charge >= 0.3 is 0 Å². The highest BCUT2D eigenvalue weighted by molar-refractivity contribution is 5.76. The predicted molar refractivity (Wildman–Crippen MR) is 113 cm³/mol. The summed E-state index contributed by atoms with van der Waals surface area (Å²) in [4.78, 5) is 15.2. The fourth-order valence-electron chi connectivity index (χ4n) is 4.60. The summed E-state index contributed by atoms with van der Waals surface area (Å²) in [5.74, 6) is 1.79. The van der Waals surface area contributed by atoms with E-state index in [2.05, 4.69) is 47.5 Å². The van der Waals surface area contributed by atoms with E-state index in [1.165, 1.54) is 49.7 Å². The van der Waals surface area contributed by atoms with Gasteiger partial charge in [-0.3, -0.25) is 4.79 Å². The first-order valence-corrected chi connectivity index (χ1v) is 10.9. The van der Waals surface area contributed by atoms with Gasteiger partial charge in [0.15, 0.2) is 0 Å². The first-order valence-electron chi connectivity index (χ1n) is 10.9. The van der Waals surface area contributed by atoms with Gasteiger partial charge in [0.2, 0.25) is 5.91 Å².